The Bertz CT molecular complexity index is 1380. The molecular weight excluding hydrogens is 521 g/mol. The lowest BCUT2D eigenvalue weighted by Crippen LogP contribution is -2.44. The van der Waals surface area contributed by atoms with Crippen molar-refractivity contribution in [3.05, 3.63) is 70.5 Å². The summed E-state index contributed by atoms with van der Waals surface area (Å²) in [5.74, 6) is -1.61. The van der Waals surface area contributed by atoms with Gasteiger partial charge in [0.25, 0.3) is 5.88 Å². The second-order valence-corrected chi connectivity index (χ2v) is 9.63. The van der Waals surface area contributed by atoms with Gasteiger partial charge >= 0.3 is 17.8 Å². The molecule has 11 nitrogen and oxygen atoms in total. The van der Waals surface area contributed by atoms with Gasteiger partial charge < -0.3 is 19.9 Å². The Morgan fingerprint density at radius 3 is 2.55 bits per heavy atom. The highest BCUT2D eigenvalue weighted by Gasteiger charge is 2.24. The fraction of sp³-hybridized carbons (Fsp3) is 0.320. The number of halogens is 2. The van der Waals surface area contributed by atoms with E-state index in [1.807, 2.05) is 0 Å². The van der Waals surface area contributed by atoms with Crippen LogP contribution in [-0.2, 0) is 22.6 Å². The predicted octanol–water partition coefficient (Wildman–Crippen LogP) is 4.25. The van der Waals surface area contributed by atoms with E-state index in [0.29, 0.717) is 5.56 Å². The van der Waals surface area contributed by atoms with Crippen LogP contribution in [0.3, 0.4) is 0 Å². The van der Waals surface area contributed by atoms with Gasteiger partial charge in [0, 0.05) is 18.3 Å². The highest BCUT2D eigenvalue weighted by Crippen LogP contribution is 2.26. The molecule has 1 amide bonds. The summed E-state index contributed by atoms with van der Waals surface area (Å²) in [5.41, 5.74) is -0.804. The molecule has 38 heavy (non-hydrogen) atoms. The molecule has 0 saturated carbocycles. The minimum absolute atomic E-state index is 0.120. The van der Waals surface area contributed by atoms with Crippen molar-refractivity contribution in [2.45, 2.75) is 51.9 Å². The summed E-state index contributed by atoms with van der Waals surface area (Å²) in [4.78, 5) is 40.5. The Labute approximate surface area is 222 Å². The zero-order chi connectivity index (χ0) is 28.0. The van der Waals surface area contributed by atoms with Crippen LogP contribution in [0, 0.1) is 5.82 Å². The molecule has 2 heterocycles. The molecule has 3 aromatic rings. The van der Waals surface area contributed by atoms with Crippen molar-refractivity contribution in [2.75, 3.05) is 0 Å². The predicted molar refractivity (Wildman–Crippen MR) is 137 cm³/mol. The number of aliphatic carboxylic acids is 1. The number of hydrogen-bond donors (Lipinski definition) is 2. The molecule has 1 atom stereocenters. The van der Waals surface area contributed by atoms with E-state index in [9.17, 15) is 23.9 Å². The maximum Gasteiger partial charge on any atom is 0.407 e. The topological polar surface area (TPSA) is 138 Å². The number of ether oxygens (including phenoxy) is 2. The number of allylic oxidation sites excluding steroid dienone is 1. The Morgan fingerprint density at radius 1 is 1.29 bits per heavy atom. The maximum absolute atomic E-state index is 14.0. The maximum atomic E-state index is 14.0. The lowest BCUT2D eigenvalue weighted by atomic mass is 10.2. The van der Waals surface area contributed by atoms with Crippen LogP contribution in [0.15, 0.2) is 54.0 Å². The van der Waals surface area contributed by atoms with Crippen LogP contribution in [0.2, 0.25) is 5.02 Å². The molecule has 0 unspecified atom stereocenters. The van der Waals surface area contributed by atoms with Crippen LogP contribution >= 0.6 is 11.6 Å². The average molecular weight is 548 g/mol. The molecule has 202 valence electrons. The summed E-state index contributed by atoms with van der Waals surface area (Å²) in [6.45, 7) is 8.59. The molecule has 2 aromatic heterocycles. The van der Waals surface area contributed by atoms with Gasteiger partial charge in [-0.3, -0.25) is 9.36 Å². The molecule has 0 saturated heterocycles. The van der Waals surface area contributed by atoms with E-state index in [1.54, 1.807) is 45.0 Å². The summed E-state index contributed by atoms with van der Waals surface area (Å²) in [6.07, 6.45) is 1.49. The van der Waals surface area contributed by atoms with E-state index < -0.39 is 41.6 Å². The second-order valence-electron chi connectivity index (χ2n) is 9.20. The Morgan fingerprint density at radius 2 is 1.97 bits per heavy atom. The third kappa shape index (κ3) is 7.65. The monoisotopic (exact) mass is 547 g/mol. The highest BCUT2D eigenvalue weighted by molar-refractivity contribution is 6.30. The van der Waals surface area contributed by atoms with Crippen molar-refractivity contribution in [2.24, 2.45) is 0 Å². The Kier molecular flexibility index (Phi) is 8.89. The second kappa shape index (κ2) is 11.9. The van der Waals surface area contributed by atoms with Crippen molar-refractivity contribution in [3.63, 3.8) is 0 Å². The van der Waals surface area contributed by atoms with Gasteiger partial charge in [-0.2, -0.15) is 0 Å². The van der Waals surface area contributed by atoms with Gasteiger partial charge in [-0.05, 0) is 51.1 Å². The highest BCUT2D eigenvalue weighted by atomic mass is 35.5. The van der Waals surface area contributed by atoms with Gasteiger partial charge in [-0.15, -0.1) is 11.7 Å². The van der Waals surface area contributed by atoms with E-state index >= 15 is 0 Å². The number of carboxylic acid groups (broad SMARTS) is 1. The lowest BCUT2D eigenvalue weighted by Gasteiger charge is -2.22. The molecular formula is C25H27ClFN5O6. The first-order valence-electron chi connectivity index (χ1n) is 11.5. The largest absolute Gasteiger partial charge is 0.481 e. The van der Waals surface area contributed by atoms with Crippen molar-refractivity contribution in [3.8, 4) is 23.0 Å². The molecule has 3 rings (SSSR count). The molecule has 0 aliphatic carbocycles. The van der Waals surface area contributed by atoms with Crippen molar-refractivity contribution in [1.29, 1.82) is 0 Å². The third-order valence-electron chi connectivity index (χ3n) is 4.87. The van der Waals surface area contributed by atoms with Crippen LogP contribution in [0.4, 0.5) is 9.18 Å². The van der Waals surface area contributed by atoms with E-state index in [1.165, 1.54) is 16.8 Å². The molecule has 2 N–H and O–H groups in total. The van der Waals surface area contributed by atoms with Crippen LogP contribution in [-0.4, -0.2) is 48.1 Å². The van der Waals surface area contributed by atoms with E-state index in [-0.39, 0.29) is 35.6 Å². The normalized spacial score (nSPS) is 12.0. The number of benzene rings is 1. The van der Waals surface area contributed by atoms with Gasteiger partial charge in [0.2, 0.25) is 0 Å². The fourth-order valence-electron chi connectivity index (χ4n) is 3.38. The molecule has 0 radical (unpaired) electrons. The smallest absolute Gasteiger partial charge is 0.407 e. The summed E-state index contributed by atoms with van der Waals surface area (Å²) in [6, 6.07) is 6.42. The quantitative estimate of drug-likeness (QED) is 0.359. The lowest BCUT2D eigenvalue weighted by molar-refractivity contribution is -0.137. The summed E-state index contributed by atoms with van der Waals surface area (Å²) in [5, 5.41) is 16.3. The molecule has 0 spiro atoms. The fourth-order valence-corrected chi connectivity index (χ4v) is 3.53. The zero-order valence-electron chi connectivity index (χ0n) is 21.0. The van der Waals surface area contributed by atoms with Gasteiger partial charge in [0.05, 0.1) is 24.0 Å². The number of nitrogens with zero attached hydrogens (tertiary/aromatic N) is 4. The number of pyridine rings is 1. The summed E-state index contributed by atoms with van der Waals surface area (Å²) < 4.78 is 27.1. The summed E-state index contributed by atoms with van der Waals surface area (Å²) in [7, 11) is 0. The van der Waals surface area contributed by atoms with Gasteiger partial charge in [0.1, 0.15) is 11.4 Å². The molecule has 0 bridgehead atoms. The molecule has 13 heteroatoms. The third-order valence-corrected chi connectivity index (χ3v) is 5.08. The van der Waals surface area contributed by atoms with Gasteiger partial charge in [-0.1, -0.05) is 17.7 Å². The van der Waals surface area contributed by atoms with Gasteiger partial charge in [-0.25, -0.2) is 23.6 Å². The Hall–Kier alpha value is -4.19. The summed E-state index contributed by atoms with van der Waals surface area (Å²) >= 11 is 5.71. The van der Waals surface area contributed by atoms with E-state index in [2.05, 4.69) is 22.0 Å². The first kappa shape index (κ1) is 28.4. The Balaban J connectivity index is 1.87. The number of carbonyl (C=O) groups excluding carboxylic acids is 1. The number of amides is 1. The molecule has 0 aliphatic rings. The van der Waals surface area contributed by atoms with Crippen molar-refractivity contribution < 1.29 is 28.6 Å². The molecule has 1 aromatic carbocycles. The average Bonchev–Trinajstić information content (AvgIpc) is 3.10. The van der Waals surface area contributed by atoms with E-state index in [4.69, 9.17) is 21.1 Å². The number of alkyl carbamates (subject to hydrolysis) is 1. The van der Waals surface area contributed by atoms with E-state index in [0.717, 1.165) is 10.7 Å². The SMILES string of the molecule is C=CCn1c(-c2ccc(Oc3ncc(Cl)cc3F)cc2)nn(C[C@H](CC(=O)O)NC(=O)OC(C)(C)C)c1=O. The first-order chi connectivity index (χ1) is 17.9. The molecule has 0 fully saturated rings. The van der Waals surface area contributed by atoms with Crippen molar-refractivity contribution in [1.82, 2.24) is 24.6 Å². The number of rotatable bonds is 10. The number of nitrogens with one attached hydrogen (secondary N) is 1. The van der Waals surface area contributed by atoms with Gasteiger partial charge in [0.15, 0.2) is 11.6 Å². The van der Waals surface area contributed by atoms with Crippen LogP contribution in [0.1, 0.15) is 27.2 Å². The van der Waals surface area contributed by atoms with Crippen LogP contribution in [0.25, 0.3) is 11.4 Å². The number of carbonyl (C=O) groups is 2. The van der Waals surface area contributed by atoms with Crippen LogP contribution in [0.5, 0.6) is 11.6 Å². The van der Waals surface area contributed by atoms with Crippen molar-refractivity contribution >= 4 is 23.7 Å². The molecule has 0 aliphatic heterocycles. The standard InChI is InChI=1S/C25H27ClFN5O6/c1-5-10-31-21(15-6-8-18(9-7-15)37-22-19(27)11-16(26)13-28-22)30-32(24(31)36)14-17(12-20(33)34)29-23(35)38-25(2,3)4/h5-9,11,13,17H,1,10,12,14H2,2-4H3,(H,29,35)(H,33,34)/t17-/m0/s1. The zero-order valence-corrected chi connectivity index (χ0v) is 21.7. The number of carboxylic acids is 1. The minimum Gasteiger partial charge on any atom is -0.481 e. The minimum atomic E-state index is -1.17. The number of hydrogen-bond acceptors (Lipinski definition) is 7. The van der Waals surface area contributed by atoms with Crippen LogP contribution < -0.4 is 15.7 Å². The first-order valence-corrected chi connectivity index (χ1v) is 11.8. The number of aromatic nitrogens is 4.